The Morgan fingerprint density at radius 3 is 2.70 bits per heavy atom. The Labute approximate surface area is 169 Å². The normalized spacial score (nSPS) is 11.0. The highest BCUT2D eigenvalue weighted by Gasteiger charge is 2.22. The Hall–Kier alpha value is -3.81. The van der Waals surface area contributed by atoms with Gasteiger partial charge in [0, 0.05) is 23.7 Å². The summed E-state index contributed by atoms with van der Waals surface area (Å²) in [5.41, 5.74) is 0.524. The number of benzene rings is 2. The molecule has 6 nitrogen and oxygen atoms in total. The van der Waals surface area contributed by atoms with Gasteiger partial charge in [-0.2, -0.15) is 0 Å². The summed E-state index contributed by atoms with van der Waals surface area (Å²) in [5, 5.41) is 6.36. The predicted octanol–water partition coefficient (Wildman–Crippen LogP) is 3.55. The fourth-order valence-electron chi connectivity index (χ4n) is 3.44. The molecule has 1 amide bonds. The highest BCUT2D eigenvalue weighted by atomic mass is 19.1. The van der Waals surface area contributed by atoms with Gasteiger partial charge < -0.3 is 14.4 Å². The highest BCUT2D eigenvalue weighted by Crippen LogP contribution is 2.22. The zero-order chi connectivity index (χ0) is 21.3. The van der Waals surface area contributed by atoms with Crippen LogP contribution in [-0.4, -0.2) is 15.6 Å². The number of halogens is 2. The maximum atomic E-state index is 14.6. The number of nitrogens with zero attached hydrogens (tertiary/aromatic N) is 2. The van der Waals surface area contributed by atoms with Crippen LogP contribution in [0.15, 0.2) is 64.0 Å². The van der Waals surface area contributed by atoms with Crippen molar-refractivity contribution in [2.75, 3.05) is 0 Å². The summed E-state index contributed by atoms with van der Waals surface area (Å²) < 4.78 is 34.3. The minimum atomic E-state index is -0.719. The van der Waals surface area contributed by atoms with Crippen LogP contribution in [0.2, 0.25) is 0 Å². The molecule has 4 aromatic rings. The Morgan fingerprint density at radius 2 is 1.97 bits per heavy atom. The number of nitrogens with one attached hydrogen (secondary N) is 1. The van der Waals surface area contributed by atoms with E-state index >= 15 is 0 Å². The van der Waals surface area contributed by atoms with Gasteiger partial charge in [-0.3, -0.25) is 9.59 Å². The van der Waals surface area contributed by atoms with Crippen LogP contribution in [0.25, 0.3) is 10.8 Å². The number of carbonyl (C=O) groups is 1. The molecule has 0 spiro atoms. The topological polar surface area (TPSA) is 77.1 Å². The SMILES string of the molecule is Cc1c(C(=O)NCc2cccc(F)c2)c2cccc(F)c2c(=O)n1Cc1ccno1. The molecule has 0 radical (unpaired) electrons. The van der Waals surface area contributed by atoms with Crippen molar-refractivity contribution in [2.24, 2.45) is 0 Å². The monoisotopic (exact) mass is 409 g/mol. The second kappa shape index (κ2) is 7.90. The number of hydrogen-bond donors (Lipinski definition) is 1. The van der Waals surface area contributed by atoms with Crippen LogP contribution in [0.4, 0.5) is 8.78 Å². The van der Waals surface area contributed by atoms with Crippen LogP contribution in [0.5, 0.6) is 0 Å². The third-order valence-corrected chi connectivity index (χ3v) is 4.88. The minimum Gasteiger partial charge on any atom is -0.359 e. The third-order valence-electron chi connectivity index (χ3n) is 4.88. The van der Waals surface area contributed by atoms with Crippen molar-refractivity contribution in [3.8, 4) is 0 Å². The summed E-state index contributed by atoms with van der Waals surface area (Å²) in [6.45, 7) is 1.69. The van der Waals surface area contributed by atoms with Gasteiger partial charge in [0.2, 0.25) is 0 Å². The first-order valence-corrected chi connectivity index (χ1v) is 9.19. The van der Waals surface area contributed by atoms with E-state index < -0.39 is 23.1 Å². The molecule has 0 saturated heterocycles. The summed E-state index contributed by atoms with van der Waals surface area (Å²) in [6.07, 6.45) is 1.43. The molecular weight excluding hydrogens is 392 g/mol. The number of rotatable bonds is 5. The van der Waals surface area contributed by atoms with Gasteiger partial charge in [-0.15, -0.1) is 0 Å². The van der Waals surface area contributed by atoms with Crippen LogP contribution < -0.4 is 10.9 Å². The van der Waals surface area contributed by atoms with Gasteiger partial charge in [0.25, 0.3) is 11.5 Å². The van der Waals surface area contributed by atoms with Gasteiger partial charge in [-0.1, -0.05) is 29.4 Å². The second-order valence-corrected chi connectivity index (χ2v) is 6.81. The Balaban J connectivity index is 1.80. The van der Waals surface area contributed by atoms with Crippen molar-refractivity contribution < 1.29 is 18.1 Å². The van der Waals surface area contributed by atoms with E-state index in [2.05, 4.69) is 10.5 Å². The molecular formula is C22H17F2N3O3. The molecule has 0 aliphatic carbocycles. The summed E-state index contributed by atoms with van der Waals surface area (Å²) in [5.74, 6) is -1.24. The van der Waals surface area contributed by atoms with E-state index in [0.717, 1.165) is 0 Å². The van der Waals surface area contributed by atoms with Gasteiger partial charge in [0.1, 0.15) is 11.6 Å². The first-order valence-electron chi connectivity index (χ1n) is 9.19. The van der Waals surface area contributed by atoms with E-state index in [-0.39, 0.29) is 29.4 Å². The van der Waals surface area contributed by atoms with Crippen molar-refractivity contribution >= 4 is 16.7 Å². The number of hydrogen-bond acceptors (Lipinski definition) is 4. The molecule has 1 N–H and O–H groups in total. The van der Waals surface area contributed by atoms with Crippen LogP contribution in [0.3, 0.4) is 0 Å². The molecule has 0 atom stereocenters. The summed E-state index contributed by atoms with van der Waals surface area (Å²) in [7, 11) is 0. The van der Waals surface area contributed by atoms with Crippen LogP contribution in [0.1, 0.15) is 27.4 Å². The summed E-state index contributed by atoms with van der Waals surface area (Å²) in [6, 6.07) is 11.6. The average Bonchev–Trinajstić information content (AvgIpc) is 3.23. The lowest BCUT2D eigenvalue weighted by Crippen LogP contribution is -2.30. The lowest BCUT2D eigenvalue weighted by molar-refractivity contribution is 0.0951. The van der Waals surface area contributed by atoms with E-state index in [9.17, 15) is 18.4 Å². The zero-order valence-corrected chi connectivity index (χ0v) is 16.0. The molecule has 30 heavy (non-hydrogen) atoms. The van der Waals surface area contributed by atoms with E-state index in [1.165, 1.54) is 41.1 Å². The number of amides is 1. The zero-order valence-electron chi connectivity index (χ0n) is 16.0. The molecule has 2 aromatic heterocycles. The van der Waals surface area contributed by atoms with Crippen molar-refractivity contribution in [2.45, 2.75) is 20.0 Å². The van der Waals surface area contributed by atoms with E-state index in [0.29, 0.717) is 17.0 Å². The molecule has 152 valence electrons. The first-order chi connectivity index (χ1) is 14.5. The molecule has 8 heteroatoms. The van der Waals surface area contributed by atoms with Gasteiger partial charge in [-0.25, -0.2) is 8.78 Å². The third kappa shape index (κ3) is 3.59. The van der Waals surface area contributed by atoms with E-state index in [1.54, 1.807) is 25.1 Å². The Bertz CT molecular complexity index is 1300. The highest BCUT2D eigenvalue weighted by molar-refractivity contribution is 6.07. The first kappa shape index (κ1) is 19.5. The molecule has 0 bridgehead atoms. The summed E-state index contributed by atoms with van der Waals surface area (Å²) >= 11 is 0. The van der Waals surface area contributed by atoms with Crippen molar-refractivity contribution in [3.05, 3.63) is 99.3 Å². The molecule has 0 unspecified atom stereocenters. The van der Waals surface area contributed by atoms with Crippen molar-refractivity contribution in [1.82, 2.24) is 15.0 Å². The Kier molecular flexibility index (Phi) is 5.14. The number of pyridine rings is 1. The molecule has 0 aliphatic rings. The Morgan fingerprint density at radius 1 is 1.17 bits per heavy atom. The van der Waals surface area contributed by atoms with Crippen LogP contribution in [0, 0.1) is 18.6 Å². The maximum Gasteiger partial charge on any atom is 0.262 e. The van der Waals surface area contributed by atoms with Gasteiger partial charge in [0.15, 0.2) is 5.76 Å². The maximum absolute atomic E-state index is 14.6. The smallest absolute Gasteiger partial charge is 0.262 e. The standard InChI is InChI=1S/C22H17F2N3O3/c1-13-19(21(28)25-11-14-4-2-5-15(23)10-14)17-6-3-7-18(24)20(17)22(29)27(13)12-16-8-9-26-30-16/h2-10H,11-12H2,1H3,(H,25,28). The van der Waals surface area contributed by atoms with Crippen molar-refractivity contribution in [3.63, 3.8) is 0 Å². The van der Waals surface area contributed by atoms with Gasteiger partial charge >= 0.3 is 0 Å². The van der Waals surface area contributed by atoms with Gasteiger partial charge in [0.05, 0.1) is 23.7 Å². The van der Waals surface area contributed by atoms with Gasteiger partial charge in [-0.05, 0) is 30.7 Å². The predicted molar refractivity (Wildman–Crippen MR) is 106 cm³/mol. The second-order valence-electron chi connectivity index (χ2n) is 6.81. The summed E-state index contributed by atoms with van der Waals surface area (Å²) in [4.78, 5) is 26.0. The minimum absolute atomic E-state index is 0.000876. The van der Waals surface area contributed by atoms with Crippen LogP contribution in [-0.2, 0) is 13.1 Å². The fraction of sp³-hybridized carbons (Fsp3) is 0.136. The van der Waals surface area contributed by atoms with Crippen molar-refractivity contribution in [1.29, 1.82) is 0 Å². The van der Waals surface area contributed by atoms with Crippen LogP contribution >= 0.6 is 0 Å². The largest absolute Gasteiger partial charge is 0.359 e. The molecule has 0 fully saturated rings. The molecule has 0 aliphatic heterocycles. The molecule has 4 rings (SSSR count). The lowest BCUT2D eigenvalue weighted by atomic mass is 10.0. The number of carbonyl (C=O) groups excluding carboxylic acids is 1. The molecule has 2 aromatic carbocycles. The average molecular weight is 409 g/mol. The number of fused-ring (bicyclic) bond motifs is 1. The molecule has 0 saturated carbocycles. The quantitative estimate of drug-likeness (QED) is 0.547. The number of aromatic nitrogens is 2. The molecule has 2 heterocycles. The fourth-order valence-corrected chi connectivity index (χ4v) is 3.44. The lowest BCUT2D eigenvalue weighted by Gasteiger charge is -2.16. The van der Waals surface area contributed by atoms with E-state index in [1.807, 2.05) is 0 Å². The van der Waals surface area contributed by atoms with E-state index in [4.69, 9.17) is 4.52 Å².